The third kappa shape index (κ3) is 4.09. The molecule has 0 aliphatic heterocycles. The molecule has 1 amide bonds. The zero-order valence-electron chi connectivity index (χ0n) is 15.6. The summed E-state index contributed by atoms with van der Waals surface area (Å²) < 4.78 is 48.5. The van der Waals surface area contributed by atoms with Gasteiger partial charge in [0.15, 0.2) is 0 Å². The topological polar surface area (TPSA) is 54.5 Å². The Morgan fingerprint density at radius 1 is 1.11 bits per heavy atom. The molecule has 0 bridgehead atoms. The lowest BCUT2D eigenvalue weighted by Gasteiger charge is -2.35. The predicted octanol–water partition coefficient (Wildman–Crippen LogP) is 4.09. The number of hydrogen-bond acceptors (Lipinski definition) is 3. The number of rotatable bonds is 6. The van der Waals surface area contributed by atoms with Crippen molar-refractivity contribution in [2.24, 2.45) is 0 Å². The van der Waals surface area contributed by atoms with E-state index in [1.165, 1.54) is 23.3 Å². The number of sulfone groups is 1. The summed E-state index contributed by atoms with van der Waals surface area (Å²) in [5.74, 6) is -3.68. The van der Waals surface area contributed by atoms with Gasteiger partial charge in [0, 0.05) is 18.2 Å². The number of halogens is 2. The van der Waals surface area contributed by atoms with Crippen LogP contribution in [0.3, 0.4) is 0 Å². The SMILES string of the molecule is CCCN(C(=O)c1ccc(S(=O)(=O)C(F)F)cc1)C1CCc2ccccc2C1. The minimum absolute atomic E-state index is 0.0619. The molecule has 1 aliphatic carbocycles. The van der Waals surface area contributed by atoms with Crippen molar-refractivity contribution < 1.29 is 22.0 Å². The van der Waals surface area contributed by atoms with Gasteiger partial charge < -0.3 is 4.90 Å². The van der Waals surface area contributed by atoms with Gasteiger partial charge in [0.05, 0.1) is 4.90 Å². The van der Waals surface area contributed by atoms with Crippen molar-refractivity contribution in [1.29, 1.82) is 0 Å². The van der Waals surface area contributed by atoms with Crippen molar-refractivity contribution in [3.05, 3.63) is 65.2 Å². The number of benzene rings is 2. The minimum Gasteiger partial charge on any atom is -0.335 e. The van der Waals surface area contributed by atoms with Crippen molar-refractivity contribution in [2.75, 3.05) is 6.54 Å². The summed E-state index contributed by atoms with van der Waals surface area (Å²) in [6, 6.07) is 13.1. The largest absolute Gasteiger partial charge is 0.341 e. The maximum atomic E-state index is 13.1. The molecule has 150 valence electrons. The Labute approximate surface area is 164 Å². The van der Waals surface area contributed by atoms with Gasteiger partial charge in [0.2, 0.25) is 9.84 Å². The Bertz CT molecular complexity index is 942. The first-order valence-electron chi connectivity index (χ1n) is 9.34. The minimum atomic E-state index is -4.66. The highest BCUT2D eigenvalue weighted by molar-refractivity contribution is 7.91. The van der Waals surface area contributed by atoms with Gasteiger partial charge in [0.25, 0.3) is 5.91 Å². The van der Waals surface area contributed by atoms with Crippen LogP contribution < -0.4 is 0 Å². The molecule has 0 radical (unpaired) electrons. The molecule has 7 heteroatoms. The lowest BCUT2D eigenvalue weighted by molar-refractivity contribution is 0.0661. The zero-order chi connectivity index (χ0) is 20.3. The molecule has 0 fully saturated rings. The van der Waals surface area contributed by atoms with E-state index in [1.54, 1.807) is 0 Å². The van der Waals surface area contributed by atoms with Crippen LogP contribution in [0.15, 0.2) is 53.4 Å². The molecule has 1 unspecified atom stereocenters. The van der Waals surface area contributed by atoms with Crippen molar-refractivity contribution in [3.63, 3.8) is 0 Å². The van der Waals surface area contributed by atoms with Gasteiger partial charge in [-0.3, -0.25) is 4.79 Å². The average molecular weight is 407 g/mol. The zero-order valence-corrected chi connectivity index (χ0v) is 16.5. The van der Waals surface area contributed by atoms with Gasteiger partial charge >= 0.3 is 5.76 Å². The van der Waals surface area contributed by atoms with Gasteiger partial charge in [-0.05, 0) is 61.1 Å². The molecule has 1 atom stereocenters. The van der Waals surface area contributed by atoms with Crippen LogP contribution in [-0.2, 0) is 22.7 Å². The van der Waals surface area contributed by atoms with Crippen LogP contribution >= 0.6 is 0 Å². The van der Waals surface area contributed by atoms with E-state index in [2.05, 4.69) is 12.1 Å². The average Bonchev–Trinajstić information content (AvgIpc) is 2.71. The smallest absolute Gasteiger partial charge is 0.335 e. The number of aryl methyl sites for hydroxylation is 1. The molecule has 2 aromatic carbocycles. The lowest BCUT2D eigenvalue weighted by Crippen LogP contribution is -2.43. The molecule has 0 heterocycles. The first kappa shape index (κ1) is 20.5. The van der Waals surface area contributed by atoms with Crippen LogP contribution in [0.1, 0.15) is 41.3 Å². The highest BCUT2D eigenvalue weighted by Gasteiger charge is 2.29. The number of alkyl halides is 2. The second kappa shape index (κ2) is 8.39. The Kier molecular flexibility index (Phi) is 6.13. The van der Waals surface area contributed by atoms with Gasteiger partial charge in [-0.1, -0.05) is 31.2 Å². The predicted molar refractivity (Wildman–Crippen MR) is 103 cm³/mol. The molecule has 0 saturated carbocycles. The van der Waals surface area contributed by atoms with Crippen LogP contribution in [0.25, 0.3) is 0 Å². The standard InChI is InChI=1S/C21H23F2NO3S/c1-2-13-24(18-10-7-15-5-3-4-6-17(15)14-18)20(25)16-8-11-19(12-9-16)28(26,27)21(22)23/h3-6,8-9,11-12,18,21H,2,7,10,13-14H2,1H3. The molecule has 0 aromatic heterocycles. The summed E-state index contributed by atoms with van der Waals surface area (Å²) in [4.78, 5) is 14.4. The monoisotopic (exact) mass is 407 g/mol. The molecule has 1 aliphatic rings. The number of fused-ring (bicyclic) bond motifs is 1. The van der Waals surface area contributed by atoms with E-state index in [9.17, 15) is 22.0 Å². The van der Waals surface area contributed by atoms with Crippen molar-refractivity contribution in [2.45, 2.75) is 49.3 Å². The number of carbonyl (C=O) groups excluding carboxylic acids is 1. The molecule has 3 rings (SSSR count). The molecule has 0 saturated heterocycles. The Morgan fingerprint density at radius 2 is 1.75 bits per heavy atom. The van der Waals surface area contributed by atoms with E-state index >= 15 is 0 Å². The van der Waals surface area contributed by atoms with Crippen LogP contribution in [0, 0.1) is 0 Å². The van der Waals surface area contributed by atoms with E-state index < -0.39 is 20.5 Å². The summed E-state index contributed by atoms with van der Waals surface area (Å²) in [6.07, 6.45) is 3.34. The van der Waals surface area contributed by atoms with Crippen LogP contribution in [0.2, 0.25) is 0 Å². The fourth-order valence-corrected chi connectivity index (χ4v) is 4.41. The highest BCUT2D eigenvalue weighted by atomic mass is 32.2. The first-order valence-corrected chi connectivity index (χ1v) is 10.9. The lowest BCUT2D eigenvalue weighted by atomic mass is 9.87. The van der Waals surface area contributed by atoms with Gasteiger partial charge in [-0.25, -0.2) is 8.42 Å². The molecule has 0 N–H and O–H groups in total. The summed E-state index contributed by atoms with van der Waals surface area (Å²) >= 11 is 0. The van der Waals surface area contributed by atoms with Crippen molar-refractivity contribution in [3.8, 4) is 0 Å². The Hall–Kier alpha value is -2.28. The second-order valence-electron chi connectivity index (χ2n) is 6.99. The summed E-state index contributed by atoms with van der Waals surface area (Å²) in [6.45, 7) is 2.58. The quantitative estimate of drug-likeness (QED) is 0.725. The van der Waals surface area contributed by atoms with Crippen LogP contribution in [-0.4, -0.2) is 37.6 Å². The highest BCUT2D eigenvalue weighted by Crippen LogP contribution is 2.26. The van der Waals surface area contributed by atoms with Gasteiger partial charge in [-0.2, -0.15) is 8.78 Å². The van der Waals surface area contributed by atoms with Crippen molar-refractivity contribution in [1.82, 2.24) is 4.90 Å². The van der Waals surface area contributed by atoms with Gasteiger partial charge in [0.1, 0.15) is 0 Å². The fraction of sp³-hybridized carbons (Fsp3) is 0.381. The van der Waals surface area contributed by atoms with Crippen LogP contribution in [0.4, 0.5) is 8.78 Å². The maximum Gasteiger partial charge on any atom is 0.341 e. The third-order valence-electron chi connectivity index (χ3n) is 5.15. The molecule has 2 aromatic rings. The molecule has 4 nitrogen and oxygen atoms in total. The third-order valence-corrected chi connectivity index (χ3v) is 6.55. The first-order chi connectivity index (χ1) is 13.3. The number of carbonyl (C=O) groups is 1. The molecule has 28 heavy (non-hydrogen) atoms. The molecular weight excluding hydrogens is 384 g/mol. The Morgan fingerprint density at radius 3 is 2.36 bits per heavy atom. The second-order valence-corrected chi connectivity index (χ2v) is 8.91. The summed E-state index contributed by atoms with van der Waals surface area (Å²) in [5.41, 5.74) is 2.86. The van der Waals surface area contributed by atoms with Crippen LogP contribution in [0.5, 0.6) is 0 Å². The molecule has 0 spiro atoms. The van der Waals surface area contributed by atoms with E-state index in [0.29, 0.717) is 12.1 Å². The maximum absolute atomic E-state index is 13.1. The number of hydrogen-bond donors (Lipinski definition) is 0. The number of amides is 1. The normalized spacial score (nSPS) is 16.6. The fourth-order valence-electron chi connectivity index (χ4n) is 3.69. The number of nitrogens with zero attached hydrogens (tertiary/aromatic N) is 1. The Balaban J connectivity index is 1.82. The van der Waals surface area contributed by atoms with E-state index in [1.807, 2.05) is 24.0 Å². The van der Waals surface area contributed by atoms with Crippen molar-refractivity contribution >= 4 is 15.7 Å². The summed E-state index contributed by atoms with van der Waals surface area (Å²) in [5, 5.41) is 0. The van der Waals surface area contributed by atoms with Gasteiger partial charge in [-0.15, -0.1) is 0 Å². The van der Waals surface area contributed by atoms with E-state index in [0.717, 1.165) is 37.8 Å². The summed E-state index contributed by atoms with van der Waals surface area (Å²) in [7, 11) is -4.66. The van der Waals surface area contributed by atoms with E-state index in [4.69, 9.17) is 0 Å². The van der Waals surface area contributed by atoms with E-state index in [-0.39, 0.29) is 11.9 Å². The molecular formula is C21H23F2NO3S.